The lowest BCUT2D eigenvalue weighted by Gasteiger charge is -2.18. The fourth-order valence-electron chi connectivity index (χ4n) is 2.64. The molecule has 1 atom stereocenters. The second-order valence-corrected chi connectivity index (χ2v) is 5.84. The van der Waals surface area contributed by atoms with Crippen LogP contribution in [0.4, 0.5) is 0 Å². The Morgan fingerprint density at radius 2 is 2.24 bits per heavy atom. The Labute approximate surface area is 127 Å². The summed E-state index contributed by atoms with van der Waals surface area (Å²) in [7, 11) is 0. The molecule has 1 aromatic heterocycles. The fourth-order valence-corrected chi connectivity index (χ4v) is 2.64. The number of nitrogens with one attached hydrogen (secondary N) is 1. The number of aromatic nitrogens is 1. The predicted octanol–water partition coefficient (Wildman–Crippen LogP) is 1.26. The van der Waals surface area contributed by atoms with Gasteiger partial charge in [0.2, 0.25) is 0 Å². The van der Waals surface area contributed by atoms with Crippen molar-refractivity contribution < 1.29 is 0 Å². The number of likely N-dealkylation sites (tertiary alicyclic amines) is 1. The number of hydrogen-bond acceptors (Lipinski definition) is 3. The fraction of sp³-hybridized carbons (Fsp3) is 0.625. The molecule has 5 nitrogen and oxygen atoms in total. The summed E-state index contributed by atoms with van der Waals surface area (Å²) < 4.78 is 0. The van der Waals surface area contributed by atoms with Gasteiger partial charge < -0.3 is 16.0 Å². The maximum absolute atomic E-state index is 5.90. The van der Waals surface area contributed by atoms with Crippen LogP contribution >= 0.6 is 0 Å². The molecule has 1 saturated heterocycles. The molecule has 0 saturated carbocycles. The molecule has 0 spiro atoms. The van der Waals surface area contributed by atoms with Crippen LogP contribution in [0.1, 0.15) is 25.5 Å². The lowest BCUT2D eigenvalue weighted by atomic mass is 10.2. The third-order valence-corrected chi connectivity index (χ3v) is 3.76. The first kappa shape index (κ1) is 15.8. The SMILES string of the molecule is CC(CN=C(N)NCCc1ccccn1)CN1CCCC1. The second-order valence-electron chi connectivity index (χ2n) is 5.84. The molecule has 0 aliphatic carbocycles. The summed E-state index contributed by atoms with van der Waals surface area (Å²) in [6, 6.07) is 5.95. The van der Waals surface area contributed by atoms with E-state index in [0.29, 0.717) is 11.9 Å². The minimum absolute atomic E-state index is 0.541. The molecule has 0 amide bonds. The average molecular weight is 289 g/mol. The Bertz CT molecular complexity index is 426. The largest absolute Gasteiger partial charge is 0.370 e. The topological polar surface area (TPSA) is 66.5 Å². The molecular formula is C16H27N5. The Morgan fingerprint density at radius 3 is 2.95 bits per heavy atom. The zero-order valence-corrected chi connectivity index (χ0v) is 13.0. The zero-order chi connectivity index (χ0) is 14.9. The molecule has 1 aliphatic rings. The molecule has 5 heteroatoms. The number of hydrogen-bond donors (Lipinski definition) is 2. The van der Waals surface area contributed by atoms with Crippen LogP contribution in [0.2, 0.25) is 0 Å². The van der Waals surface area contributed by atoms with Crippen LogP contribution in [-0.4, -0.2) is 48.6 Å². The molecule has 116 valence electrons. The minimum atomic E-state index is 0.541. The van der Waals surface area contributed by atoms with E-state index in [4.69, 9.17) is 5.73 Å². The van der Waals surface area contributed by atoms with Crippen LogP contribution in [-0.2, 0) is 6.42 Å². The van der Waals surface area contributed by atoms with Crippen LogP contribution in [0.15, 0.2) is 29.4 Å². The molecule has 2 heterocycles. The highest BCUT2D eigenvalue weighted by atomic mass is 15.1. The molecule has 2 rings (SSSR count). The number of nitrogens with zero attached hydrogens (tertiary/aromatic N) is 3. The van der Waals surface area contributed by atoms with Crippen molar-refractivity contribution in [1.29, 1.82) is 0 Å². The van der Waals surface area contributed by atoms with Gasteiger partial charge in [-0.25, -0.2) is 0 Å². The summed E-state index contributed by atoms with van der Waals surface area (Å²) in [6.45, 7) is 7.41. The van der Waals surface area contributed by atoms with E-state index in [1.54, 1.807) is 0 Å². The van der Waals surface area contributed by atoms with Gasteiger partial charge in [-0.3, -0.25) is 9.98 Å². The minimum Gasteiger partial charge on any atom is -0.370 e. The van der Waals surface area contributed by atoms with Crippen molar-refractivity contribution in [3.63, 3.8) is 0 Å². The van der Waals surface area contributed by atoms with Crippen molar-refractivity contribution >= 4 is 5.96 Å². The average Bonchev–Trinajstić information content (AvgIpc) is 2.99. The van der Waals surface area contributed by atoms with Crippen molar-refractivity contribution in [3.05, 3.63) is 30.1 Å². The van der Waals surface area contributed by atoms with Gasteiger partial charge in [0.15, 0.2) is 5.96 Å². The molecule has 21 heavy (non-hydrogen) atoms. The third-order valence-electron chi connectivity index (χ3n) is 3.76. The number of rotatable bonds is 7. The maximum Gasteiger partial charge on any atom is 0.188 e. The zero-order valence-electron chi connectivity index (χ0n) is 13.0. The molecule has 0 radical (unpaired) electrons. The van der Waals surface area contributed by atoms with Gasteiger partial charge in [0, 0.05) is 37.9 Å². The van der Waals surface area contributed by atoms with Gasteiger partial charge in [0.05, 0.1) is 0 Å². The van der Waals surface area contributed by atoms with Gasteiger partial charge >= 0.3 is 0 Å². The van der Waals surface area contributed by atoms with Gasteiger partial charge in [-0.2, -0.15) is 0 Å². The summed E-state index contributed by atoms with van der Waals surface area (Å²) in [6.07, 6.45) is 5.35. The highest BCUT2D eigenvalue weighted by molar-refractivity contribution is 5.77. The summed E-state index contributed by atoms with van der Waals surface area (Å²) in [5.41, 5.74) is 6.97. The van der Waals surface area contributed by atoms with E-state index in [9.17, 15) is 0 Å². The first-order chi connectivity index (χ1) is 10.2. The standard InChI is InChI=1S/C16H27N5/c1-14(13-21-10-4-5-11-21)12-20-16(17)19-9-7-15-6-2-3-8-18-15/h2-3,6,8,14H,4-5,7,9-13H2,1H3,(H3,17,19,20). The molecule has 0 bridgehead atoms. The van der Waals surface area contributed by atoms with E-state index in [1.165, 1.54) is 25.9 Å². The number of pyridine rings is 1. The summed E-state index contributed by atoms with van der Waals surface area (Å²) in [5.74, 6) is 1.10. The van der Waals surface area contributed by atoms with Crippen LogP contribution in [0, 0.1) is 5.92 Å². The van der Waals surface area contributed by atoms with Crippen molar-refractivity contribution in [2.45, 2.75) is 26.2 Å². The lowest BCUT2D eigenvalue weighted by Crippen LogP contribution is -2.34. The quantitative estimate of drug-likeness (QED) is 0.586. The second kappa shape index (κ2) is 8.62. The smallest absolute Gasteiger partial charge is 0.188 e. The molecule has 1 aromatic rings. The Morgan fingerprint density at radius 1 is 1.43 bits per heavy atom. The van der Waals surface area contributed by atoms with E-state index >= 15 is 0 Å². The summed E-state index contributed by atoms with van der Waals surface area (Å²) >= 11 is 0. The first-order valence-electron chi connectivity index (χ1n) is 7.90. The van der Waals surface area contributed by atoms with E-state index < -0.39 is 0 Å². The van der Waals surface area contributed by atoms with Crippen LogP contribution < -0.4 is 11.1 Å². The lowest BCUT2D eigenvalue weighted by molar-refractivity contribution is 0.291. The van der Waals surface area contributed by atoms with Crippen LogP contribution in [0.5, 0.6) is 0 Å². The van der Waals surface area contributed by atoms with E-state index in [1.807, 2.05) is 24.4 Å². The van der Waals surface area contributed by atoms with Crippen molar-refractivity contribution in [3.8, 4) is 0 Å². The molecule has 1 aliphatic heterocycles. The van der Waals surface area contributed by atoms with E-state index in [2.05, 4.69) is 27.1 Å². The molecule has 0 aromatic carbocycles. The van der Waals surface area contributed by atoms with Gasteiger partial charge in [-0.15, -0.1) is 0 Å². The number of nitrogens with two attached hydrogens (primary N) is 1. The van der Waals surface area contributed by atoms with Gasteiger partial charge in [-0.05, 0) is 44.0 Å². The molecule has 3 N–H and O–H groups in total. The molecular weight excluding hydrogens is 262 g/mol. The van der Waals surface area contributed by atoms with E-state index in [-0.39, 0.29) is 0 Å². The van der Waals surface area contributed by atoms with Crippen molar-refractivity contribution in [2.75, 3.05) is 32.7 Å². The van der Waals surface area contributed by atoms with Crippen molar-refractivity contribution in [1.82, 2.24) is 15.2 Å². The third kappa shape index (κ3) is 6.12. The van der Waals surface area contributed by atoms with Gasteiger partial charge in [-0.1, -0.05) is 13.0 Å². The van der Waals surface area contributed by atoms with Crippen molar-refractivity contribution in [2.24, 2.45) is 16.6 Å². The first-order valence-corrected chi connectivity index (χ1v) is 7.90. The van der Waals surface area contributed by atoms with Gasteiger partial charge in [0.25, 0.3) is 0 Å². The molecule has 1 fully saturated rings. The Kier molecular flexibility index (Phi) is 6.47. The normalized spacial score (nSPS) is 17.9. The number of guanidine groups is 1. The van der Waals surface area contributed by atoms with Crippen LogP contribution in [0.3, 0.4) is 0 Å². The molecule has 1 unspecified atom stereocenters. The highest BCUT2D eigenvalue weighted by Gasteiger charge is 2.14. The Balaban J connectivity index is 1.61. The van der Waals surface area contributed by atoms with Crippen LogP contribution in [0.25, 0.3) is 0 Å². The maximum atomic E-state index is 5.90. The Hall–Kier alpha value is -1.62. The summed E-state index contributed by atoms with van der Waals surface area (Å²) in [5, 5.41) is 3.15. The van der Waals surface area contributed by atoms with Gasteiger partial charge in [0.1, 0.15) is 0 Å². The monoisotopic (exact) mass is 289 g/mol. The number of aliphatic imine (C=N–C) groups is 1. The van der Waals surface area contributed by atoms with E-state index in [0.717, 1.165) is 31.7 Å². The predicted molar refractivity (Wildman–Crippen MR) is 87.3 cm³/mol. The highest BCUT2D eigenvalue weighted by Crippen LogP contribution is 2.10. The summed E-state index contributed by atoms with van der Waals surface area (Å²) in [4.78, 5) is 11.2.